The van der Waals surface area contributed by atoms with E-state index in [0.717, 1.165) is 11.3 Å². The molecule has 3 aromatic heterocycles. The number of rotatable bonds is 5. The summed E-state index contributed by atoms with van der Waals surface area (Å²) < 4.78 is 6.06. The second-order valence-electron chi connectivity index (χ2n) is 4.62. The molecule has 3 heterocycles. The van der Waals surface area contributed by atoms with Crippen LogP contribution in [0.15, 0.2) is 27.9 Å². The minimum Gasteiger partial charge on any atom is -0.461 e. The highest BCUT2D eigenvalue weighted by Crippen LogP contribution is 2.16. The van der Waals surface area contributed by atoms with E-state index < -0.39 is 11.9 Å². The van der Waals surface area contributed by atoms with Crippen LogP contribution in [0.5, 0.6) is 0 Å². The lowest BCUT2D eigenvalue weighted by Crippen LogP contribution is -2.27. The molecule has 1 amide bonds. The van der Waals surface area contributed by atoms with Crippen LogP contribution >= 0.6 is 22.7 Å². The topological polar surface area (TPSA) is 103 Å². The van der Waals surface area contributed by atoms with Crippen molar-refractivity contribution in [1.82, 2.24) is 14.5 Å². The van der Waals surface area contributed by atoms with E-state index in [1.54, 1.807) is 18.4 Å². The zero-order valence-electron chi connectivity index (χ0n) is 12.5. The molecule has 8 nitrogen and oxygen atoms in total. The fraction of sp³-hybridized carbons (Fsp3) is 0.214. The molecule has 124 valence electrons. The van der Waals surface area contributed by atoms with Crippen LogP contribution in [0.25, 0.3) is 10.2 Å². The summed E-state index contributed by atoms with van der Waals surface area (Å²) in [5.74, 6) is -0.976. The van der Waals surface area contributed by atoms with Gasteiger partial charge in [0.25, 0.3) is 5.56 Å². The normalized spacial score (nSPS) is 10.7. The third-order valence-corrected chi connectivity index (χ3v) is 4.58. The van der Waals surface area contributed by atoms with Gasteiger partial charge >= 0.3 is 5.97 Å². The molecule has 10 heteroatoms. The molecule has 0 aliphatic carbocycles. The van der Waals surface area contributed by atoms with Crippen LogP contribution in [-0.4, -0.2) is 33.0 Å². The molecule has 0 aliphatic rings. The lowest BCUT2D eigenvalue weighted by molar-refractivity contribution is -0.116. The first-order chi connectivity index (χ1) is 11.6. The lowest BCUT2D eigenvalue weighted by atomic mass is 10.4. The molecule has 0 aliphatic heterocycles. The quantitative estimate of drug-likeness (QED) is 0.692. The van der Waals surface area contributed by atoms with Gasteiger partial charge < -0.3 is 10.1 Å². The molecule has 0 fully saturated rings. The Kier molecular flexibility index (Phi) is 4.67. The van der Waals surface area contributed by atoms with E-state index in [1.165, 1.54) is 27.6 Å². The fourth-order valence-electron chi connectivity index (χ4n) is 1.95. The SMILES string of the molecule is CCOC(=O)c1csc(NC(=O)Cn2cnc3sccc3c2=O)n1. The number of thiophene rings is 1. The molecular weight excluding hydrogens is 352 g/mol. The maximum absolute atomic E-state index is 12.2. The molecule has 0 saturated heterocycles. The van der Waals surface area contributed by atoms with Crippen LogP contribution in [-0.2, 0) is 16.1 Å². The number of fused-ring (bicyclic) bond motifs is 1. The Bertz CT molecular complexity index is 959. The minimum atomic E-state index is -0.544. The van der Waals surface area contributed by atoms with Crippen LogP contribution in [0.1, 0.15) is 17.4 Å². The maximum atomic E-state index is 12.2. The first kappa shape index (κ1) is 16.3. The molecule has 24 heavy (non-hydrogen) atoms. The van der Waals surface area contributed by atoms with Gasteiger partial charge in [-0.1, -0.05) is 0 Å². The number of carbonyl (C=O) groups excluding carboxylic acids is 2. The largest absolute Gasteiger partial charge is 0.461 e. The van der Waals surface area contributed by atoms with Gasteiger partial charge in [-0.15, -0.1) is 22.7 Å². The van der Waals surface area contributed by atoms with E-state index in [0.29, 0.717) is 10.2 Å². The average molecular weight is 364 g/mol. The van der Waals surface area contributed by atoms with E-state index in [2.05, 4.69) is 15.3 Å². The Hall–Kier alpha value is -2.59. The Morgan fingerprint density at radius 1 is 1.38 bits per heavy atom. The molecule has 0 radical (unpaired) electrons. The third kappa shape index (κ3) is 3.34. The van der Waals surface area contributed by atoms with Crippen LogP contribution < -0.4 is 10.9 Å². The Morgan fingerprint density at radius 2 is 2.21 bits per heavy atom. The van der Waals surface area contributed by atoms with E-state index in [9.17, 15) is 14.4 Å². The van der Waals surface area contributed by atoms with Gasteiger partial charge in [0.2, 0.25) is 5.91 Å². The van der Waals surface area contributed by atoms with Crippen LogP contribution in [0.4, 0.5) is 5.13 Å². The Labute approximate surface area is 143 Å². The number of carbonyl (C=O) groups is 2. The van der Waals surface area contributed by atoms with Gasteiger partial charge in [0, 0.05) is 5.38 Å². The number of nitrogens with zero attached hydrogens (tertiary/aromatic N) is 3. The van der Waals surface area contributed by atoms with Crippen LogP contribution in [0.3, 0.4) is 0 Å². The van der Waals surface area contributed by atoms with Crippen molar-refractivity contribution in [3.63, 3.8) is 0 Å². The average Bonchev–Trinajstić information content (AvgIpc) is 3.19. The lowest BCUT2D eigenvalue weighted by Gasteiger charge is -2.04. The molecule has 0 aromatic carbocycles. The highest BCUT2D eigenvalue weighted by Gasteiger charge is 2.14. The summed E-state index contributed by atoms with van der Waals surface area (Å²) in [6.07, 6.45) is 1.34. The number of ether oxygens (including phenoxy) is 1. The van der Waals surface area contributed by atoms with E-state index in [4.69, 9.17) is 4.74 Å². The second-order valence-corrected chi connectivity index (χ2v) is 6.38. The van der Waals surface area contributed by atoms with Crippen molar-refractivity contribution in [1.29, 1.82) is 0 Å². The zero-order chi connectivity index (χ0) is 17.1. The first-order valence-corrected chi connectivity index (χ1v) is 8.69. The molecule has 1 N–H and O–H groups in total. The predicted molar refractivity (Wildman–Crippen MR) is 90.6 cm³/mol. The molecule has 3 rings (SSSR count). The van der Waals surface area contributed by atoms with Crippen molar-refractivity contribution in [2.45, 2.75) is 13.5 Å². The third-order valence-electron chi connectivity index (χ3n) is 3.00. The van der Waals surface area contributed by atoms with Gasteiger partial charge in [-0.05, 0) is 18.4 Å². The minimum absolute atomic E-state index is 0.135. The molecule has 0 saturated carbocycles. The molecule has 3 aromatic rings. The Balaban J connectivity index is 1.70. The van der Waals surface area contributed by atoms with E-state index >= 15 is 0 Å². The highest BCUT2D eigenvalue weighted by molar-refractivity contribution is 7.16. The second kappa shape index (κ2) is 6.89. The number of amides is 1. The van der Waals surface area contributed by atoms with Gasteiger partial charge in [0.15, 0.2) is 10.8 Å². The summed E-state index contributed by atoms with van der Waals surface area (Å²) in [7, 11) is 0. The molecule has 0 unspecified atom stereocenters. The van der Waals surface area contributed by atoms with Gasteiger partial charge in [-0.25, -0.2) is 14.8 Å². The monoisotopic (exact) mass is 364 g/mol. The number of thiazole rings is 1. The molecular formula is C14H12N4O4S2. The van der Waals surface area contributed by atoms with Crippen LogP contribution in [0, 0.1) is 0 Å². The zero-order valence-corrected chi connectivity index (χ0v) is 14.1. The fourth-order valence-corrected chi connectivity index (χ4v) is 3.37. The summed E-state index contributed by atoms with van der Waals surface area (Å²) >= 11 is 2.47. The van der Waals surface area contributed by atoms with Gasteiger partial charge in [0.05, 0.1) is 18.3 Å². The Morgan fingerprint density at radius 3 is 3.00 bits per heavy atom. The maximum Gasteiger partial charge on any atom is 0.357 e. The van der Waals surface area contributed by atoms with Gasteiger partial charge in [-0.3, -0.25) is 14.2 Å². The molecule has 0 atom stereocenters. The first-order valence-electron chi connectivity index (χ1n) is 6.93. The highest BCUT2D eigenvalue weighted by atomic mass is 32.1. The summed E-state index contributed by atoms with van der Waals surface area (Å²) in [6, 6.07) is 1.68. The standard InChI is InChI=1S/C14H12N4O4S2/c1-2-22-13(21)9-6-24-14(16-9)17-10(19)5-18-7-15-11-8(12(18)20)3-4-23-11/h3-4,6-7H,2,5H2,1H3,(H,16,17,19). The smallest absolute Gasteiger partial charge is 0.357 e. The van der Waals surface area contributed by atoms with E-state index in [-0.39, 0.29) is 29.5 Å². The number of hydrogen-bond donors (Lipinski definition) is 1. The van der Waals surface area contributed by atoms with E-state index in [1.807, 2.05) is 0 Å². The van der Waals surface area contributed by atoms with Crippen molar-refractivity contribution >= 4 is 49.9 Å². The summed E-state index contributed by atoms with van der Waals surface area (Å²) in [6.45, 7) is 1.76. The molecule has 0 spiro atoms. The summed E-state index contributed by atoms with van der Waals surface area (Å²) in [5.41, 5.74) is -0.140. The van der Waals surface area contributed by atoms with Crippen molar-refractivity contribution in [3.8, 4) is 0 Å². The van der Waals surface area contributed by atoms with Crippen molar-refractivity contribution in [3.05, 3.63) is 39.2 Å². The summed E-state index contributed by atoms with van der Waals surface area (Å²) in [4.78, 5) is 44.6. The number of anilines is 1. The number of hydrogen-bond acceptors (Lipinski definition) is 8. The summed E-state index contributed by atoms with van der Waals surface area (Å²) in [5, 5.41) is 6.57. The van der Waals surface area contributed by atoms with Gasteiger partial charge in [0.1, 0.15) is 11.4 Å². The predicted octanol–water partition coefficient (Wildman–Crippen LogP) is 1.73. The van der Waals surface area contributed by atoms with Gasteiger partial charge in [-0.2, -0.15) is 0 Å². The van der Waals surface area contributed by atoms with Crippen molar-refractivity contribution < 1.29 is 14.3 Å². The number of nitrogens with one attached hydrogen (secondary N) is 1. The number of aromatic nitrogens is 3. The van der Waals surface area contributed by atoms with Crippen molar-refractivity contribution in [2.75, 3.05) is 11.9 Å². The van der Waals surface area contributed by atoms with Crippen molar-refractivity contribution in [2.24, 2.45) is 0 Å². The van der Waals surface area contributed by atoms with Crippen LogP contribution in [0.2, 0.25) is 0 Å². The molecule has 0 bridgehead atoms. The number of esters is 1.